The first-order valence-corrected chi connectivity index (χ1v) is 5.61. The van der Waals surface area contributed by atoms with Gasteiger partial charge in [0, 0.05) is 12.4 Å². The third-order valence-corrected chi connectivity index (χ3v) is 2.64. The van der Waals surface area contributed by atoms with Gasteiger partial charge in [-0.15, -0.1) is 0 Å². The van der Waals surface area contributed by atoms with Crippen LogP contribution in [-0.2, 0) is 0 Å². The zero-order valence-electron chi connectivity index (χ0n) is 9.86. The van der Waals surface area contributed by atoms with Crippen molar-refractivity contribution in [1.29, 1.82) is 0 Å². The third-order valence-electron chi connectivity index (χ3n) is 2.64. The van der Waals surface area contributed by atoms with Crippen LogP contribution in [0, 0.1) is 5.82 Å². The molecule has 0 amide bonds. The number of nitrogens with zero attached hydrogens (tertiary/aromatic N) is 4. The van der Waals surface area contributed by atoms with Crippen LogP contribution < -0.4 is 5.73 Å². The molecule has 0 spiro atoms. The Kier molecular flexibility index (Phi) is 2.68. The SMILES string of the molecule is Nc1cn(-c2ccc(F)cc2)nc1-c1cnccn1. The molecule has 3 aromatic rings. The van der Waals surface area contributed by atoms with Crippen molar-refractivity contribution in [2.75, 3.05) is 5.73 Å². The molecule has 3 rings (SSSR count). The van der Waals surface area contributed by atoms with E-state index in [0.717, 1.165) is 5.69 Å². The van der Waals surface area contributed by atoms with Crippen LogP contribution in [0.5, 0.6) is 0 Å². The molecule has 2 heterocycles. The van der Waals surface area contributed by atoms with Gasteiger partial charge in [-0.05, 0) is 24.3 Å². The van der Waals surface area contributed by atoms with E-state index in [0.29, 0.717) is 17.1 Å². The summed E-state index contributed by atoms with van der Waals surface area (Å²) in [6, 6.07) is 5.99. The summed E-state index contributed by atoms with van der Waals surface area (Å²) in [5.74, 6) is -0.293. The van der Waals surface area contributed by atoms with Crippen molar-refractivity contribution in [3.05, 3.63) is 54.9 Å². The molecule has 0 bridgehead atoms. The molecule has 0 aliphatic carbocycles. The van der Waals surface area contributed by atoms with E-state index in [9.17, 15) is 4.39 Å². The first-order valence-electron chi connectivity index (χ1n) is 5.61. The summed E-state index contributed by atoms with van der Waals surface area (Å²) in [6.07, 6.45) is 6.41. The molecule has 2 aromatic heterocycles. The molecular weight excluding hydrogens is 245 g/mol. The van der Waals surface area contributed by atoms with Crippen molar-refractivity contribution >= 4 is 5.69 Å². The molecule has 0 saturated carbocycles. The van der Waals surface area contributed by atoms with Crippen molar-refractivity contribution < 1.29 is 4.39 Å². The van der Waals surface area contributed by atoms with Gasteiger partial charge in [-0.25, -0.2) is 9.07 Å². The van der Waals surface area contributed by atoms with Crippen molar-refractivity contribution in [3.63, 3.8) is 0 Å². The zero-order valence-corrected chi connectivity index (χ0v) is 9.86. The third kappa shape index (κ3) is 2.15. The van der Waals surface area contributed by atoms with Gasteiger partial charge in [0.25, 0.3) is 0 Å². The molecule has 0 radical (unpaired) electrons. The number of rotatable bonds is 2. The van der Waals surface area contributed by atoms with Crippen molar-refractivity contribution in [1.82, 2.24) is 19.7 Å². The van der Waals surface area contributed by atoms with Crippen LogP contribution in [0.4, 0.5) is 10.1 Å². The Hall–Kier alpha value is -2.76. The van der Waals surface area contributed by atoms with Gasteiger partial charge in [0.05, 0.1) is 23.8 Å². The number of nitrogen functional groups attached to an aromatic ring is 1. The summed E-state index contributed by atoms with van der Waals surface area (Å²) >= 11 is 0. The Balaban J connectivity index is 2.04. The average Bonchev–Trinajstić information content (AvgIpc) is 2.83. The van der Waals surface area contributed by atoms with Crippen LogP contribution in [-0.4, -0.2) is 19.7 Å². The summed E-state index contributed by atoms with van der Waals surface area (Å²) in [6.45, 7) is 0. The maximum absolute atomic E-state index is 12.9. The van der Waals surface area contributed by atoms with Gasteiger partial charge in [0.15, 0.2) is 0 Å². The first kappa shape index (κ1) is 11.3. The standard InChI is InChI=1S/C13H10FN5/c14-9-1-3-10(4-2-9)19-8-11(15)13(18-19)12-7-16-5-6-17-12/h1-8H,15H2. The Bertz CT molecular complexity index is 691. The van der Waals surface area contributed by atoms with Gasteiger partial charge in [-0.2, -0.15) is 5.10 Å². The van der Waals surface area contributed by atoms with Crippen LogP contribution in [0.15, 0.2) is 49.1 Å². The maximum Gasteiger partial charge on any atom is 0.136 e. The smallest absolute Gasteiger partial charge is 0.136 e. The lowest BCUT2D eigenvalue weighted by Crippen LogP contribution is -1.95. The predicted octanol–water partition coefficient (Wildman–Crippen LogP) is 2.05. The zero-order chi connectivity index (χ0) is 13.2. The summed E-state index contributed by atoms with van der Waals surface area (Å²) in [4.78, 5) is 8.13. The summed E-state index contributed by atoms with van der Waals surface area (Å²) in [5.41, 5.74) is 8.28. The molecule has 0 aliphatic rings. The Morgan fingerprint density at radius 3 is 2.58 bits per heavy atom. The number of hydrogen-bond donors (Lipinski definition) is 1. The molecule has 0 atom stereocenters. The van der Waals surface area contributed by atoms with E-state index in [4.69, 9.17) is 5.73 Å². The summed E-state index contributed by atoms with van der Waals surface area (Å²) in [7, 11) is 0. The molecule has 1 aromatic carbocycles. The summed E-state index contributed by atoms with van der Waals surface area (Å²) in [5, 5.41) is 4.35. The normalized spacial score (nSPS) is 10.6. The van der Waals surface area contributed by atoms with E-state index >= 15 is 0 Å². The van der Waals surface area contributed by atoms with Crippen LogP contribution in [0.25, 0.3) is 17.1 Å². The van der Waals surface area contributed by atoms with E-state index in [-0.39, 0.29) is 5.82 Å². The highest BCUT2D eigenvalue weighted by Crippen LogP contribution is 2.22. The minimum absolute atomic E-state index is 0.293. The monoisotopic (exact) mass is 255 g/mol. The fraction of sp³-hybridized carbons (Fsp3) is 0. The number of aromatic nitrogens is 4. The fourth-order valence-electron chi connectivity index (χ4n) is 1.73. The number of hydrogen-bond acceptors (Lipinski definition) is 4. The quantitative estimate of drug-likeness (QED) is 0.760. The van der Waals surface area contributed by atoms with Gasteiger partial charge < -0.3 is 5.73 Å². The molecule has 0 fully saturated rings. The predicted molar refractivity (Wildman–Crippen MR) is 69.0 cm³/mol. The summed E-state index contributed by atoms with van der Waals surface area (Å²) < 4.78 is 14.5. The van der Waals surface area contributed by atoms with Crippen LogP contribution in [0.2, 0.25) is 0 Å². The minimum atomic E-state index is -0.293. The molecule has 5 nitrogen and oxygen atoms in total. The second-order valence-electron chi connectivity index (χ2n) is 3.94. The van der Waals surface area contributed by atoms with Crippen molar-refractivity contribution in [2.45, 2.75) is 0 Å². The van der Waals surface area contributed by atoms with Crippen LogP contribution >= 0.6 is 0 Å². The van der Waals surface area contributed by atoms with E-state index in [2.05, 4.69) is 15.1 Å². The maximum atomic E-state index is 12.9. The highest BCUT2D eigenvalue weighted by Gasteiger charge is 2.10. The largest absolute Gasteiger partial charge is 0.396 e. The number of halogens is 1. The molecule has 0 saturated heterocycles. The molecule has 0 unspecified atom stereocenters. The van der Waals surface area contributed by atoms with Crippen LogP contribution in [0.1, 0.15) is 0 Å². The van der Waals surface area contributed by atoms with Gasteiger partial charge in [-0.1, -0.05) is 0 Å². The van der Waals surface area contributed by atoms with Gasteiger partial charge in [-0.3, -0.25) is 9.97 Å². The first-order chi connectivity index (χ1) is 9.24. The number of nitrogens with two attached hydrogens (primary N) is 1. The van der Waals surface area contributed by atoms with Crippen molar-refractivity contribution in [2.24, 2.45) is 0 Å². The highest BCUT2D eigenvalue weighted by atomic mass is 19.1. The average molecular weight is 255 g/mol. The lowest BCUT2D eigenvalue weighted by atomic mass is 10.3. The lowest BCUT2D eigenvalue weighted by Gasteiger charge is -2.00. The Morgan fingerprint density at radius 1 is 1.11 bits per heavy atom. The number of anilines is 1. The molecule has 94 valence electrons. The van der Waals surface area contributed by atoms with Gasteiger partial charge in [0.1, 0.15) is 17.2 Å². The van der Waals surface area contributed by atoms with Crippen molar-refractivity contribution in [3.8, 4) is 17.1 Å². The Morgan fingerprint density at radius 2 is 1.89 bits per heavy atom. The van der Waals surface area contributed by atoms with Gasteiger partial charge >= 0.3 is 0 Å². The van der Waals surface area contributed by atoms with E-state index in [1.165, 1.54) is 12.1 Å². The number of benzene rings is 1. The van der Waals surface area contributed by atoms with E-state index in [1.54, 1.807) is 41.6 Å². The topological polar surface area (TPSA) is 69.6 Å². The fourth-order valence-corrected chi connectivity index (χ4v) is 1.73. The Labute approximate surface area is 108 Å². The molecule has 2 N–H and O–H groups in total. The molecule has 6 heteroatoms. The van der Waals surface area contributed by atoms with E-state index < -0.39 is 0 Å². The molecule has 0 aliphatic heterocycles. The second kappa shape index (κ2) is 4.49. The van der Waals surface area contributed by atoms with E-state index in [1.807, 2.05) is 0 Å². The molecular formula is C13H10FN5. The van der Waals surface area contributed by atoms with Gasteiger partial charge in [0.2, 0.25) is 0 Å². The lowest BCUT2D eigenvalue weighted by molar-refractivity contribution is 0.627. The molecule has 19 heavy (non-hydrogen) atoms. The highest BCUT2D eigenvalue weighted by molar-refractivity contribution is 5.68. The van der Waals surface area contributed by atoms with Crippen LogP contribution in [0.3, 0.4) is 0 Å². The minimum Gasteiger partial charge on any atom is -0.396 e. The second-order valence-corrected chi connectivity index (χ2v) is 3.94.